The Morgan fingerprint density at radius 2 is 2.00 bits per heavy atom. The van der Waals surface area contributed by atoms with E-state index in [0.29, 0.717) is 24.7 Å². The van der Waals surface area contributed by atoms with Gasteiger partial charge < -0.3 is 14.9 Å². The zero-order valence-corrected chi connectivity index (χ0v) is 11.6. The van der Waals surface area contributed by atoms with Gasteiger partial charge in [-0.05, 0) is 27.7 Å². The molecule has 0 unspecified atom stereocenters. The highest BCUT2D eigenvalue weighted by molar-refractivity contribution is 5.75. The minimum atomic E-state index is -0.898. The molecule has 102 valence electrons. The van der Waals surface area contributed by atoms with Crippen LogP contribution in [0.4, 0.5) is 0 Å². The van der Waals surface area contributed by atoms with Gasteiger partial charge in [0, 0.05) is 12.0 Å². The zero-order valence-electron chi connectivity index (χ0n) is 11.6. The van der Waals surface area contributed by atoms with E-state index in [1.54, 1.807) is 13.8 Å². The molecule has 0 amide bonds. The molecule has 1 aromatic heterocycles. The topological polar surface area (TPSA) is 88.2 Å². The average Bonchev–Trinajstić information content (AvgIpc) is 2.74. The van der Waals surface area contributed by atoms with Gasteiger partial charge in [-0.1, -0.05) is 12.1 Å². The summed E-state index contributed by atoms with van der Waals surface area (Å²) < 4.78 is 4.99. The summed E-state index contributed by atoms with van der Waals surface area (Å²) in [5.74, 6) is 0.283. The number of rotatable bonds is 6. The van der Waals surface area contributed by atoms with E-state index in [2.05, 4.69) is 15.5 Å². The Kier molecular flexibility index (Phi) is 4.11. The molecule has 0 aliphatic carbocycles. The van der Waals surface area contributed by atoms with Crippen LogP contribution in [0.5, 0.6) is 0 Å². The number of hydrogen-bond donors (Lipinski definition) is 2. The van der Waals surface area contributed by atoms with Crippen LogP contribution in [0.15, 0.2) is 4.52 Å². The molecule has 0 bridgehead atoms. The maximum Gasteiger partial charge on any atom is 0.310 e. The highest BCUT2D eigenvalue weighted by Crippen LogP contribution is 2.30. The van der Waals surface area contributed by atoms with Gasteiger partial charge in [-0.2, -0.15) is 4.98 Å². The van der Waals surface area contributed by atoms with Gasteiger partial charge in [-0.15, -0.1) is 0 Å². The van der Waals surface area contributed by atoms with Crippen LogP contribution in [-0.4, -0.2) is 26.8 Å². The van der Waals surface area contributed by atoms with Crippen LogP contribution in [0.25, 0.3) is 0 Å². The van der Waals surface area contributed by atoms with Crippen LogP contribution in [0.3, 0.4) is 0 Å². The molecule has 0 aliphatic heterocycles. The summed E-state index contributed by atoms with van der Waals surface area (Å²) >= 11 is 0. The predicted octanol–water partition coefficient (Wildman–Crippen LogP) is 1.61. The van der Waals surface area contributed by atoms with Crippen molar-refractivity contribution in [3.63, 3.8) is 0 Å². The summed E-state index contributed by atoms with van der Waals surface area (Å²) in [6.45, 7) is 9.39. The molecule has 0 saturated carbocycles. The van der Waals surface area contributed by atoms with Gasteiger partial charge in [0.1, 0.15) is 0 Å². The zero-order chi connectivity index (χ0) is 14.0. The van der Waals surface area contributed by atoms with Gasteiger partial charge in [0.15, 0.2) is 5.82 Å². The fraction of sp³-hybridized carbons (Fsp3) is 0.750. The third kappa shape index (κ3) is 2.87. The molecular weight excluding hydrogens is 234 g/mol. The third-order valence-corrected chi connectivity index (χ3v) is 3.60. The molecule has 0 fully saturated rings. The smallest absolute Gasteiger partial charge is 0.310 e. The minimum absolute atomic E-state index is 0.382. The first-order chi connectivity index (χ1) is 8.20. The van der Waals surface area contributed by atoms with E-state index in [0.717, 1.165) is 0 Å². The Labute approximate surface area is 107 Å². The number of aromatic nitrogens is 2. The number of aryl methyl sites for hydroxylation is 1. The lowest BCUT2D eigenvalue weighted by Crippen LogP contribution is -2.54. The Morgan fingerprint density at radius 3 is 2.44 bits per heavy atom. The van der Waals surface area contributed by atoms with Gasteiger partial charge in [0.2, 0.25) is 5.89 Å². The van der Waals surface area contributed by atoms with Gasteiger partial charge in [-0.3, -0.25) is 4.79 Å². The quantitative estimate of drug-likeness (QED) is 0.803. The van der Waals surface area contributed by atoms with Crippen LogP contribution in [0, 0.1) is 5.41 Å². The predicted molar refractivity (Wildman–Crippen MR) is 66.0 cm³/mol. The van der Waals surface area contributed by atoms with Crippen molar-refractivity contribution in [2.45, 2.75) is 53.1 Å². The average molecular weight is 255 g/mol. The fourth-order valence-corrected chi connectivity index (χ4v) is 1.29. The van der Waals surface area contributed by atoms with Crippen molar-refractivity contribution >= 4 is 5.97 Å². The number of hydrogen-bond acceptors (Lipinski definition) is 5. The Balaban J connectivity index is 2.69. The summed E-state index contributed by atoms with van der Waals surface area (Å²) in [7, 11) is 0. The molecule has 0 atom stereocenters. The normalized spacial score (nSPS) is 12.7. The van der Waals surface area contributed by atoms with Crippen LogP contribution in [-0.2, 0) is 17.8 Å². The second-order valence-corrected chi connectivity index (χ2v) is 5.37. The second-order valence-electron chi connectivity index (χ2n) is 5.37. The first kappa shape index (κ1) is 14.6. The molecule has 6 heteroatoms. The van der Waals surface area contributed by atoms with E-state index in [4.69, 9.17) is 4.52 Å². The Morgan fingerprint density at radius 1 is 1.39 bits per heavy atom. The van der Waals surface area contributed by atoms with Gasteiger partial charge in [-0.25, -0.2) is 0 Å². The van der Waals surface area contributed by atoms with E-state index in [9.17, 15) is 9.90 Å². The number of nitrogens with one attached hydrogen (secondary N) is 1. The van der Waals surface area contributed by atoms with Crippen molar-refractivity contribution in [1.82, 2.24) is 15.5 Å². The Hall–Kier alpha value is -1.43. The van der Waals surface area contributed by atoms with Crippen LogP contribution in [0.1, 0.15) is 46.3 Å². The molecular formula is C12H21N3O3. The van der Waals surface area contributed by atoms with Crippen LogP contribution in [0.2, 0.25) is 0 Å². The van der Waals surface area contributed by atoms with E-state index >= 15 is 0 Å². The number of nitrogens with zero attached hydrogens (tertiary/aromatic N) is 2. The van der Waals surface area contributed by atoms with Crippen molar-refractivity contribution < 1.29 is 14.4 Å². The molecule has 0 aliphatic rings. The molecule has 0 spiro atoms. The number of carbonyl (C=O) groups is 1. The van der Waals surface area contributed by atoms with Gasteiger partial charge in [0.05, 0.1) is 12.0 Å². The first-order valence-corrected chi connectivity index (χ1v) is 6.00. The largest absolute Gasteiger partial charge is 0.481 e. The van der Waals surface area contributed by atoms with E-state index in [1.807, 2.05) is 20.8 Å². The van der Waals surface area contributed by atoms with Crippen LogP contribution >= 0.6 is 0 Å². The lowest BCUT2D eigenvalue weighted by molar-refractivity contribution is -0.151. The lowest BCUT2D eigenvalue weighted by Gasteiger charge is -2.38. The van der Waals surface area contributed by atoms with E-state index < -0.39 is 16.9 Å². The first-order valence-electron chi connectivity index (χ1n) is 6.00. The molecule has 1 aromatic rings. The molecule has 6 nitrogen and oxygen atoms in total. The van der Waals surface area contributed by atoms with Crippen molar-refractivity contribution in [2.75, 3.05) is 0 Å². The molecule has 0 aromatic carbocycles. The van der Waals surface area contributed by atoms with Gasteiger partial charge in [0.25, 0.3) is 0 Å². The third-order valence-electron chi connectivity index (χ3n) is 3.60. The summed E-state index contributed by atoms with van der Waals surface area (Å²) in [4.78, 5) is 15.4. The standard InChI is InChI=1S/C12H21N3O3/c1-6-9-14-8(15-18-9)7-13-12(4,5)11(2,3)10(16)17/h13H,6-7H2,1-5H3,(H,16,17). The number of aliphatic carboxylic acids is 1. The van der Waals surface area contributed by atoms with Crippen molar-refractivity contribution in [2.24, 2.45) is 5.41 Å². The van der Waals surface area contributed by atoms with E-state index in [-0.39, 0.29) is 0 Å². The molecule has 1 rings (SSSR count). The molecule has 0 radical (unpaired) electrons. The van der Waals surface area contributed by atoms with Crippen LogP contribution < -0.4 is 5.32 Å². The highest BCUT2D eigenvalue weighted by Gasteiger charge is 2.43. The SMILES string of the molecule is CCc1nc(CNC(C)(C)C(C)(C)C(=O)O)no1. The summed E-state index contributed by atoms with van der Waals surface area (Å²) in [6, 6.07) is 0. The summed E-state index contributed by atoms with van der Waals surface area (Å²) in [5, 5.41) is 16.2. The summed E-state index contributed by atoms with van der Waals surface area (Å²) in [6.07, 6.45) is 0.691. The maximum absolute atomic E-state index is 11.2. The molecule has 0 saturated heterocycles. The van der Waals surface area contributed by atoms with Crippen molar-refractivity contribution in [3.05, 3.63) is 11.7 Å². The lowest BCUT2D eigenvalue weighted by atomic mass is 9.74. The Bertz CT molecular complexity index is 424. The fourth-order valence-electron chi connectivity index (χ4n) is 1.29. The van der Waals surface area contributed by atoms with E-state index in [1.165, 1.54) is 0 Å². The summed E-state index contributed by atoms with van der Waals surface area (Å²) in [5.41, 5.74) is -1.49. The monoisotopic (exact) mass is 255 g/mol. The number of carboxylic acid groups (broad SMARTS) is 1. The van der Waals surface area contributed by atoms with Gasteiger partial charge >= 0.3 is 5.97 Å². The second kappa shape index (κ2) is 5.06. The number of carboxylic acids is 1. The van der Waals surface area contributed by atoms with Crippen molar-refractivity contribution in [3.8, 4) is 0 Å². The maximum atomic E-state index is 11.2. The molecule has 2 N–H and O–H groups in total. The molecule has 18 heavy (non-hydrogen) atoms. The highest BCUT2D eigenvalue weighted by atomic mass is 16.5. The molecule has 1 heterocycles. The minimum Gasteiger partial charge on any atom is -0.481 e. The van der Waals surface area contributed by atoms with Crippen molar-refractivity contribution in [1.29, 1.82) is 0 Å².